The quantitative estimate of drug-likeness (QED) is 0.422. The first-order valence-corrected chi connectivity index (χ1v) is 7.54. The molecule has 0 heteroatoms. The lowest BCUT2D eigenvalue weighted by Crippen LogP contribution is -2.13. The maximum Gasteiger partial charge on any atom is -0.00141 e. The highest BCUT2D eigenvalue weighted by atomic mass is 14.2. The van der Waals surface area contributed by atoms with Crippen LogP contribution in [0.3, 0.4) is 0 Å². The van der Waals surface area contributed by atoms with Gasteiger partial charge in [-0.05, 0) is 66.4 Å². The van der Waals surface area contributed by atoms with Crippen LogP contribution in [0.15, 0.2) is 48.5 Å². The zero-order valence-corrected chi connectivity index (χ0v) is 11.5. The largest absolute Gasteiger partial charge is 0.0728 e. The molecule has 0 atom stereocenters. The molecule has 0 spiro atoms. The second kappa shape index (κ2) is 3.17. The van der Waals surface area contributed by atoms with E-state index in [0.29, 0.717) is 0 Å². The molecule has 4 aromatic carbocycles. The second-order valence-electron chi connectivity index (χ2n) is 6.13. The molecule has 0 radical (unpaired) electrons. The second-order valence-corrected chi connectivity index (χ2v) is 6.13. The van der Waals surface area contributed by atoms with Gasteiger partial charge in [-0.15, -0.1) is 0 Å². The summed E-state index contributed by atoms with van der Waals surface area (Å²) >= 11 is 0. The van der Waals surface area contributed by atoms with Crippen molar-refractivity contribution in [2.24, 2.45) is 0 Å². The van der Waals surface area contributed by atoms with Crippen molar-refractivity contribution in [1.29, 1.82) is 0 Å². The summed E-state index contributed by atoms with van der Waals surface area (Å²) in [6.45, 7) is 0. The van der Waals surface area contributed by atoms with Crippen LogP contribution < -0.4 is 10.4 Å². The molecule has 0 aliphatic heterocycles. The van der Waals surface area contributed by atoms with Crippen LogP contribution in [-0.4, -0.2) is 0 Å². The van der Waals surface area contributed by atoms with Crippen molar-refractivity contribution in [3.63, 3.8) is 0 Å². The molecule has 21 heavy (non-hydrogen) atoms. The lowest BCUT2D eigenvalue weighted by molar-refractivity contribution is 1.44. The van der Waals surface area contributed by atoms with Crippen LogP contribution in [0, 0.1) is 0 Å². The number of hydrogen-bond acceptors (Lipinski definition) is 0. The summed E-state index contributed by atoms with van der Waals surface area (Å²) in [4.78, 5) is 0. The van der Waals surface area contributed by atoms with Crippen LogP contribution in [0.1, 0.15) is 12.0 Å². The maximum absolute atomic E-state index is 2.39. The molecule has 0 saturated heterocycles. The van der Waals surface area contributed by atoms with Gasteiger partial charge in [0.05, 0.1) is 0 Å². The third-order valence-corrected chi connectivity index (χ3v) is 5.13. The van der Waals surface area contributed by atoms with Crippen LogP contribution in [0.2, 0.25) is 0 Å². The average Bonchev–Trinajstić information content (AvgIpc) is 2.92. The highest BCUT2D eigenvalue weighted by molar-refractivity contribution is 6.28. The average molecular weight is 264 g/mol. The van der Waals surface area contributed by atoms with Crippen molar-refractivity contribution >= 4 is 50.0 Å². The molecule has 96 valence electrons. The van der Waals surface area contributed by atoms with E-state index in [1.807, 2.05) is 0 Å². The summed E-state index contributed by atoms with van der Waals surface area (Å²) in [5.41, 5.74) is 2.88. The number of benzene rings is 4. The van der Waals surface area contributed by atoms with Crippen molar-refractivity contribution in [2.75, 3.05) is 0 Å². The van der Waals surface area contributed by atoms with E-state index in [0.717, 1.165) is 6.42 Å². The van der Waals surface area contributed by atoms with E-state index >= 15 is 0 Å². The Morgan fingerprint density at radius 1 is 0.714 bits per heavy atom. The van der Waals surface area contributed by atoms with Gasteiger partial charge in [-0.25, -0.2) is 0 Å². The SMILES string of the molecule is C1=C2C=c3ccc4ccc5cccc6c(c2c3c4c56)=CC1. The first-order chi connectivity index (χ1) is 10.4. The van der Waals surface area contributed by atoms with Gasteiger partial charge in [0, 0.05) is 0 Å². The number of fused-ring (bicyclic) bond motifs is 1. The topological polar surface area (TPSA) is 0 Å². The lowest BCUT2D eigenvalue weighted by atomic mass is 9.87. The van der Waals surface area contributed by atoms with E-state index in [1.165, 1.54) is 53.9 Å². The molecular weight excluding hydrogens is 252 g/mol. The number of hydrogen-bond donors (Lipinski definition) is 0. The van der Waals surface area contributed by atoms with Crippen molar-refractivity contribution in [3.8, 4) is 0 Å². The van der Waals surface area contributed by atoms with Gasteiger partial charge in [0.2, 0.25) is 0 Å². The molecule has 0 amide bonds. The summed E-state index contributed by atoms with van der Waals surface area (Å²) in [5, 5.41) is 11.3. The van der Waals surface area contributed by atoms with Gasteiger partial charge < -0.3 is 0 Å². The Morgan fingerprint density at radius 3 is 2.52 bits per heavy atom. The van der Waals surface area contributed by atoms with E-state index < -0.39 is 0 Å². The maximum atomic E-state index is 2.39. The fourth-order valence-electron chi connectivity index (χ4n) is 4.31. The minimum Gasteiger partial charge on any atom is -0.0728 e. The molecule has 6 rings (SSSR count). The molecule has 2 aliphatic rings. The van der Waals surface area contributed by atoms with Gasteiger partial charge >= 0.3 is 0 Å². The van der Waals surface area contributed by atoms with Crippen molar-refractivity contribution in [2.45, 2.75) is 6.42 Å². The Labute approximate surface area is 121 Å². The predicted molar refractivity (Wildman–Crippen MR) is 90.9 cm³/mol. The smallest absolute Gasteiger partial charge is 0.00141 e. The van der Waals surface area contributed by atoms with Crippen molar-refractivity contribution < 1.29 is 0 Å². The Kier molecular flexibility index (Phi) is 1.54. The Hall–Kier alpha value is -2.60. The Morgan fingerprint density at radius 2 is 1.57 bits per heavy atom. The Balaban J connectivity index is 2.18. The molecule has 0 fully saturated rings. The molecule has 0 bridgehead atoms. The summed E-state index contributed by atoms with van der Waals surface area (Å²) in [7, 11) is 0. The van der Waals surface area contributed by atoms with Gasteiger partial charge in [-0.1, -0.05) is 54.6 Å². The zero-order valence-electron chi connectivity index (χ0n) is 11.5. The summed E-state index contributed by atoms with van der Waals surface area (Å²) in [5.74, 6) is 0. The predicted octanol–water partition coefficient (Wildman–Crippen LogP) is 3.95. The van der Waals surface area contributed by atoms with E-state index in [2.05, 4.69) is 60.7 Å². The minimum atomic E-state index is 1.04. The lowest BCUT2D eigenvalue weighted by Gasteiger charge is -2.16. The fraction of sp³-hybridized carbons (Fsp3) is 0.0476. The standard InChI is InChI=1S/C21H12/c1-3-12-7-8-13-9-10-15-11-14-4-2-6-17-16(5-1)18(12)20(13)21(15)19(14)17/h1,3-11H,2H2. The molecule has 0 nitrogen and oxygen atoms in total. The highest BCUT2D eigenvalue weighted by Crippen LogP contribution is 2.37. The summed E-state index contributed by atoms with van der Waals surface area (Å²) < 4.78 is 0. The fourth-order valence-corrected chi connectivity index (χ4v) is 4.31. The molecule has 0 saturated carbocycles. The normalized spacial score (nSPS) is 15.5. The van der Waals surface area contributed by atoms with Crippen LogP contribution >= 0.6 is 0 Å². The number of rotatable bonds is 0. The molecule has 0 aromatic heterocycles. The summed E-state index contributed by atoms with van der Waals surface area (Å²) in [6, 6.07) is 15.8. The van der Waals surface area contributed by atoms with Crippen molar-refractivity contribution in [1.82, 2.24) is 0 Å². The highest BCUT2D eigenvalue weighted by Gasteiger charge is 2.21. The monoisotopic (exact) mass is 264 g/mol. The van der Waals surface area contributed by atoms with E-state index in [9.17, 15) is 0 Å². The van der Waals surface area contributed by atoms with Crippen LogP contribution in [0.4, 0.5) is 0 Å². The first-order valence-electron chi connectivity index (χ1n) is 7.54. The van der Waals surface area contributed by atoms with Gasteiger partial charge in [-0.3, -0.25) is 0 Å². The van der Waals surface area contributed by atoms with E-state index in [-0.39, 0.29) is 0 Å². The van der Waals surface area contributed by atoms with E-state index in [4.69, 9.17) is 0 Å². The first kappa shape index (κ1) is 10.2. The molecule has 4 aromatic rings. The van der Waals surface area contributed by atoms with Gasteiger partial charge in [0.25, 0.3) is 0 Å². The third kappa shape index (κ3) is 1.03. The van der Waals surface area contributed by atoms with Gasteiger partial charge in [0.15, 0.2) is 0 Å². The molecular formula is C21H12. The van der Waals surface area contributed by atoms with Crippen LogP contribution in [0.5, 0.6) is 0 Å². The van der Waals surface area contributed by atoms with E-state index in [1.54, 1.807) is 0 Å². The van der Waals surface area contributed by atoms with Crippen molar-refractivity contribution in [3.05, 3.63) is 64.5 Å². The third-order valence-electron chi connectivity index (χ3n) is 5.13. The molecule has 0 N–H and O–H groups in total. The Bertz CT molecular complexity index is 1240. The van der Waals surface area contributed by atoms with Crippen LogP contribution in [-0.2, 0) is 0 Å². The zero-order chi connectivity index (χ0) is 13.6. The summed E-state index contributed by atoms with van der Waals surface area (Å²) in [6.07, 6.45) is 8.16. The van der Waals surface area contributed by atoms with Gasteiger partial charge in [-0.2, -0.15) is 0 Å². The van der Waals surface area contributed by atoms with Gasteiger partial charge in [0.1, 0.15) is 0 Å². The molecule has 2 aliphatic carbocycles. The molecule has 0 heterocycles. The molecule has 0 unspecified atom stereocenters. The minimum absolute atomic E-state index is 1.04. The van der Waals surface area contributed by atoms with Crippen LogP contribution in [0.25, 0.3) is 50.0 Å². The number of allylic oxidation sites excluding steroid dienone is 2.